The van der Waals surface area contributed by atoms with E-state index in [2.05, 4.69) is 5.32 Å². The fourth-order valence-electron chi connectivity index (χ4n) is 2.74. The normalized spacial score (nSPS) is 15.7. The maximum absolute atomic E-state index is 12.7. The molecular weight excluding hydrogens is 357 g/mol. The summed E-state index contributed by atoms with van der Waals surface area (Å²) in [6.07, 6.45) is -2.49. The van der Waals surface area contributed by atoms with E-state index in [1.54, 1.807) is 12.1 Å². The number of pyridine rings is 1. The Balaban J connectivity index is 1.78. The second kappa shape index (κ2) is 6.22. The van der Waals surface area contributed by atoms with Crippen LogP contribution in [0.3, 0.4) is 0 Å². The third kappa shape index (κ3) is 3.56. The summed E-state index contributed by atoms with van der Waals surface area (Å²) in [4.78, 5) is 25.9. The Morgan fingerprint density at radius 1 is 1.28 bits per heavy atom. The molecule has 0 bridgehead atoms. The molecule has 2 aromatic rings. The molecule has 2 N–H and O–H groups in total. The van der Waals surface area contributed by atoms with Crippen molar-refractivity contribution in [3.8, 4) is 0 Å². The Kier molecular flexibility index (Phi) is 4.36. The highest BCUT2D eigenvalue weighted by Crippen LogP contribution is 2.49. The lowest BCUT2D eigenvalue weighted by Gasteiger charge is -2.18. The molecule has 8 heteroatoms. The van der Waals surface area contributed by atoms with Crippen LogP contribution in [-0.2, 0) is 11.6 Å². The van der Waals surface area contributed by atoms with Gasteiger partial charge in [0.25, 0.3) is 11.5 Å². The number of aromatic nitrogens is 1. The highest BCUT2D eigenvalue weighted by molar-refractivity contribution is 6.31. The Morgan fingerprint density at radius 2 is 1.96 bits per heavy atom. The Hall–Kier alpha value is -2.28. The van der Waals surface area contributed by atoms with Gasteiger partial charge in [-0.2, -0.15) is 13.2 Å². The minimum atomic E-state index is -4.64. The van der Waals surface area contributed by atoms with Crippen LogP contribution in [0.1, 0.15) is 34.3 Å². The third-order valence-corrected chi connectivity index (χ3v) is 4.69. The van der Waals surface area contributed by atoms with Gasteiger partial charge in [-0.05, 0) is 30.5 Å². The summed E-state index contributed by atoms with van der Waals surface area (Å²) in [5.41, 5.74) is -1.96. The summed E-state index contributed by atoms with van der Waals surface area (Å²) in [5, 5.41) is 3.14. The number of H-pyrrole nitrogens is 1. The van der Waals surface area contributed by atoms with Gasteiger partial charge in [-0.15, -0.1) is 0 Å². The van der Waals surface area contributed by atoms with Crippen LogP contribution >= 0.6 is 11.6 Å². The molecule has 1 aromatic carbocycles. The number of rotatable bonds is 4. The molecule has 1 amide bonds. The summed E-state index contributed by atoms with van der Waals surface area (Å²) in [5.74, 6) is -0.842. The van der Waals surface area contributed by atoms with Crippen LogP contribution in [0.2, 0.25) is 5.02 Å². The minimum Gasteiger partial charge on any atom is -0.351 e. The van der Waals surface area contributed by atoms with E-state index in [-0.39, 0.29) is 12.0 Å². The quantitative estimate of drug-likeness (QED) is 0.865. The summed E-state index contributed by atoms with van der Waals surface area (Å²) >= 11 is 6.18. The molecule has 1 heterocycles. The van der Waals surface area contributed by atoms with E-state index in [1.807, 2.05) is 17.1 Å². The molecule has 1 fully saturated rings. The molecule has 0 unspecified atom stereocenters. The second-order valence-electron chi connectivity index (χ2n) is 6.07. The minimum absolute atomic E-state index is 0.200. The molecule has 1 aliphatic carbocycles. The van der Waals surface area contributed by atoms with Crippen molar-refractivity contribution in [1.82, 2.24) is 10.3 Å². The predicted octanol–water partition coefficient (Wildman–Crippen LogP) is 3.51. The van der Waals surface area contributed by atoms with Gasteiger partial charge in [-0.1, -0.05) is 29.8 Å². The van der Waals surface area contributed by atoms with Crippen molar-refractivity contribution in [2.24, 2.45) is 0 Å². The van der Waals surface area contributed by atoms with E-state index in [4.69, 9.17) is 11.6 Å². The smallest absolute Gasteiger partial charge is 0.351 e. The zero-order valence-corrected chi connectivity index (χ0v) is 13.7. The molecule has 1 aliphatic rings. The van der Waals surface area contributed by atoms with Gasteiger partial charge in [0.05, 0.1) is 5.56 Å². The molecule has 1 aromatic heterocycles. The van der Waals surface area contributed by atoms with Gasteiger partial charge in [0.2, 0.25) is 0 Å². The van der Waals surface area contributed by atoms with Gasteiger partial charge in [0.1, 0.15) is 5.56 Å². The molecule has 0 saturated heterocycles. The summed E-state index contributed by atoms with van der Waals surface area (Å²) in [7, 11) is 0. The highest BCUT2D eigenvalue weighted by Gasteiger charge is 2.45. The Bertz CT molecular complexity index is 873. The molecule has 0 aliphatic heterocycles. The monoisotopic (exact) mass is 370 g/mol. The number of aromatic amines is 1. The van der Waals surface area contributed by atoms with Gasteiger partial charge in [0, 0.05) is 23.2 Å². The fourth-order valence-corrected chi connectivity index (χ4v) is 3.08. The molecule has 0 spiro atoms. The zero-order valence-electron chi connectivity index (χ0n) is 12.9. The average Bonchev–Trinajstić information content (AvgIpc) is 3.33. The number of carbonyl (C=O) groups excluding carboxylic acids is 1. The van der Waals surface area contributed by atoms with E-state index in [0.29, 0.717) is 17.3 Å². The van der Waals surface area contributed by atoms with Crippen LogP contribution in [0.5, 0.6) is 0 Å². The summed E-state index contributed by atoms with van der Waals surface area (Å²) in [6, 6.07) is 7.79. The van der Waals surface area contributed by atoms with Crippen LogP contribution in [0.4, 0.5) is 13.2 Å². The largest absolute Gasteiger partial charge is 0.417 e. The van der Waals surface area contributed by atoms with Crippen molar-refractivity contribution in [2.45, 2.75) is 24.4 Å². The molecule has 0 atom stereocenters. The van der Waals surface area contributed by atoms with E-state index in [0.717, 1.165) is 18.4 Å². The maximum Gasteiger partial charge on any atom is 0.417 e. The van der Waals surface area contributed by atoms with E-state index >= 15 is 0 Å². The van der Waals surface area contributed by atoms with Gasteiger partial charge in [-0.3, -0.25) is 9.59 Å². The third-order valence-electron chi connectivity index (χ3n) is 4.36. The van der Waals surface area contributed by atoms with E-state index in [9.17, 15) is 22.8 Å². The first kappa shape index (κ1) is 17.5. The Labute approximate surface area is 146 Å². The van der Waals surface area contributed by atoms with Crippen molar-refractivity contribution in [1.29, 1.82) is 0 Å². The van der Waals surface area contributed by atoms with Crippen molar-refractivity contribution >= 4 is 17.5 Å². The fraction of sp³-hybridized carbons (Fsp3) is 0.294. The number of hydrogen-bond donors (Lipinski definition) is 2. The number of carbonyl (C=O) groups is 1. The van der Waals surface area contributed by atoms with E-state index in [1.165, 1.54) is 0 Å². The average molecular weight is 371 g/mol. The van der Waals surface area contributed by atoms with Crippen molar-refractivity contribution < 1.29 is 18.0 Å². The van der Waals surface area contributed by atoms with Crippen LogP contribution in [0.25, 0.3) is 0 Å². The van der Waals surface area contributed by atoms with Crippen LogP contribution in [0, 0.1) is 0 Å². The number of amides is 1. The molecule has 25 heavy (non-hydrogen) atoms. The number of nitrogens with one attached hydrogen (secondary N) is 2. The van der Waals surface area contributed by atoms with E-state index < -0.39 is 28.8 Å². The first-order valence-electron chi connectivity index (χ1n) is 7.56. The predicted molar refractivity (Wildman–Crippen MR) is 86.8 cm³/mol. The summed E-state index contributed by atoms with van der Waals surface area (Å²) < 4.78 is 38.2. The van der Waals surface area contributed by atoms with Gasteiger partial charge in [0.15, 0.2) is 0 Å². The van der Waals surface area contributed by atoms with Crippen LogP contribution < -0.4 is 10.9 Å². The first-order chi connectivity index (χ1) is 11.7. The zero-order chi connectivity index (χ0) is 18.2. The number of benzene rings is 1. The topological polar surface area (TPSA) is 62.0 Å². The second-order valence-corrected chi connectivity index (χ2v) is 6.48. The van der Waals surface area contributed by atoms with Crippen molar-refractivity contribution in [2.75, 3.05) is 6.54 Å². The molecular formula is C17H14ClF3N2O2. The number of hydrogen-bond acceptors (Lipinski definition) is 2. The van der Waals surface area contributed by atoms with Crippen molar-refractivity contribution in [3.63, 3.8) is 0 Å². The first-order valence-corrected chi connectivity index (χ1v) is 7.94. The van der Waals surface area contributed by atoms with Crippen LogP contribution in [0.15, 0.2) is 41.3 Å². The lowest BCUT2D eigenvalue weighted by molar-refractivity contribution is -0.137. The summed E-state index contributed by atoms with van der Waals surface area (Å²) in [6.45, 7) is 0.200. The highest BCUT2D eigenvalue weighted by atomic mass is 35.5. The van der Waals surface area contributed by atoms with Crippen molar-refractivity contribution in [3.05, 3.63) is 68.6 Å². The lowest BCUT2D eigenvalue weighted by Crippen LogP contribution is -2.35. The number of halogens is 4. The standard InChI is InChI=1S/C17H14ClF3N2O2/c18-13-4-2-1-3-12(13)16(5-6-16)9-23-15(25)11-7-10(17(19,20)21)8-22-14(11)24/h1-4,7-8H,5-6,9H2,(H,22,24)(H,23,25). The SMILES string of the molecule is O=C(NCC1(c2ccccc2Cl)CC1)c1cc(C(F)(F)F)c[nH]c1=O. The van der Waals surface area contributed by atoms with Gasteiger partial charge in [-0.25, -0.2) is 0 Å². The molecule has 1 saturated carbocycles. The molecule has 3 rings (SSSR count). The molecule has 132 valence electrons. The molecule has 4 nitrogen and oxygen atoms in total. The van der Waals surface area contributed by atoms with Gasteiger partial charge >= 0.3 is 6.18 Å². The lowest BCUT2D eigenvalue weighted by atomic mass is 9.95. The maximum atomic E-state index is 12.7. The van der Waals surface area contributed by atoms with Gasteiger partial charge < -0.3 is 10.3 Å². The number of alkyl halides is 3. The van der Waals surface area contributed by atoms with Crippen LogP contribution in [-0.4, -0.2) is 17.4 Å². The Morgan fingerprint density at radius 3 is 2.56 bits per heavy atom. The molecule has 0 radical (unpaired) electrons.